The van der Waals surface area contributed by atoms with Crippen molar-refractivity contribution in [2.45, 2.75) is 13.8 Å². The molecular formula is C13H16BrNO3S. The Bertz CT molecular complexity index is 482. The summed E-state index contributed by atoms with van der Waals surface area (Å²) in [6.07, 6.45) is 3.12. The monoisotopic (exact) mass is 345 g/mol. The first-order valence-electron chi connectivity index (χ1n) is 5.82. The third-order valence-electron chi connectivity index (χ3n) is 2.21. The van der Waals surface area contributed by atoms with Gasteiger partial charge in [-0.2, -0.15) is 0 Å². The average molecular weight is 346 g/mol. The number of amides is 1. The fourth-order valence-corrected chi connectivity index (χ4v) is 2.84. The van der Waals surface area contributed by atoms with Gasteiger partial charge in [0.15, 0.2) is 0 Å². The van der Waals surface area contributed by atoms with Gasteiger partial charge in [-0.3, -0.25) is 9.59 Å². The minimum atomic E-state index is -0.999. The molecular weight excluding hydrogens is 330 g/mol. The van der Waals surface area contributed by atoms with Crippen LogP contribution >= 0.6 is 27.3 Å². The van der Waals surface area contributed by atoms with E-state index < -0.39 is 5.97 Å². The van der Waals surface area contributed by atoms with Gasteiger partial charge in [-0.05, 0) is 40.1 Å². The standard InChI is InChI=1S/C13H16BrNO3S/c1-9(2)7-15(8-13(17)18)12(16)6-4-10-3-5-11(14)19-10/h3-6,9H,7-8H2,1-2H3,(H,17,18). The quantitative estimate of drug-likeness (QED) is 0.806. The topological polar surface area (TPSA) is 57.6 Å². The Kier molecular flexibility index (Phi) is 6.24. The largest absolute Gasteiger partial charge is 0.480 e. The average Bonchev–Trinajstić information content (AvgIpc) is 2.70. The molecule has 0 atom stereocenters. The predicted molar refractivity (Wildman–Crippen MR) is 80.1 cm³/mol. The number of thiophene rings is 1. The van der Waals surface area contributed by atoms with Crippen LogP contribution in [0.3, 0.4) is 0 Å². The molecule has 0 aromatic carbocycles. The van der Waals surface area contributed by atoms with E-state index in [1.165, 1.54) is 22.3 Å². The number of carboxylic acid groups (broad SMARTS) is 1. The Morgan fingerprint density at radius 1 is 1.47 bits per heavy atom. The molecule has 1 rings (SSSR count). The number of halogens is 1. The smallest absolute Gasteiger partial charge is 0.323 e. The highest BCUT2D eigenvalue weighted by Crippen LogP contribution is 2.23. The molecule has 0 saturated carbocycles. The van der Waals surface area contributed by atoms with Gasteiger partial charge in [0.05, 0.1) is 3.79 Å². The molecule has 1 amide bonds. The predicted octanol–water partition coefficient (Wildman–Crippen LogP) is 3.09. The van der Waals surface area contributed by atoms with Crippen LogP contribution in [-0.2, 0) is 9.59 Å². The van der Waals surface area contributed by atoms with E-state index in [9.17, 15) is 9.59 Å². The van der Waals surface area contributed by atoms with Crippen molar-refractivity contribution >= 4 is 45.2 Å². The molecule has 0 aliphatic rings. The fourth-order valence-electron chi connectivity index (χ4n) is 1.51. The zero-order valence-electron chi connectivity index (χ0n) is 10.8. The van der Waals surface area contributed by atoms with Crippen molar-refractivity contribution in [2.75, 3.05) is 13.1 Å². The van der Waals surface area contributed by atoms with Crippen LogP contribution in [0.25, 0.3) is 6.08 Å². The lowest BCUT2D eigenvalue weighted by atomic mass is 10.2. The van der Waals surface area contributed by atoms with E-state index in [-0.39, 0.29) is 18.4 Å². The molecule has 19 heavy (non-hydrogen) atoms. The summed E-state index contributed by atoms with van der Waals surface area (Å²) in [5, 5.41) is 8.81. The van der Waals surface area contributed by atoms with Gasteiger partial charge in [-0.25, -0.2) is 0 Å². The van der Waals surface area contributed by atoms with Crippen molar-refractivity contribution in [3.05, 3.63) is 26.9 Å². The maximum Gasteiger partial charge on any atom is 0.323 e. The van der Waals surface area contributed by atoms with Gasteiger partial charge < -0.3 is 10.0 Å². The van der Waals surface area contributed by atoms with Gasteiger partial charge in [0.2, 0.25) is 5.91 Å². The number of carboxylic acids is 1. The number of carbonyl (C=O) groups is 2. The van der Waals surface area contributed by atoms with E-state index in [0.717, 1.165) is 8.66 Å². The Hall–Kier alpha value is -1.14. The second-order valence-electron chi connectivity index (χ2n) is 4.48. The number of carbonyl (C=O) groups excluding carboxylic acids is 1. The molecule has 0 fully saturated rings. The molecule has 1 heterocycles. The van der Waals surface area contributed by atoms with E-state index in [1.54, 1.807) is 6.08 Å². The summed E-state index contributed by atoms with van der Waals surface area (Å²) < 4.78 is 0.990. The minimum absolute atomic E-state index is 0.229. The molecule has 0 saturated heterocycles. The normalized spacial score (nSPS) is 11.2. The molecule has 0 unspecified atom stereocenters. The Morgan fingerprint density at radius 3 is 2.63 bits per heavy atom. The van der Waals surface area contributed by atoms with Gasteiger partial charge in [-0.15, -0.1) is 11.3 Å². The van der Waals surface area contributed by atoms with Gasteiger partial charge >= 0.3 is 5.97 Å². The SMILES string of the molecule is CC(C)CN(CC(=O)O)C(=O)C=Cc1ccc(Br)s1. The number of hydrogen-bond acceptors (Lipinski definition) is 3. The molecule has 0 bridgehead atoms. The Labute approximate surface area is 124 Å². The number of hydrogen-bond donors (Lipinski definition) is 1. The third-order valence-corrected chi connectivity index (χ3v) is 3.80. The molecule has 1 aromatic heterocycles. The molecule has 1 N–H and O–H groups in total. The highest BCUT2D eigenvalue weighted by atomic mass is 79.9. The van der Waals surface area contributed by atoms with Gasteiger partial charge in [0.25, 0.3) is 0 Å². The van der Waals surface area contributed by atoms with Gasteiger partial charge in [0.1, 0.15) is 6.54 Å². The minimum Gasteiger partial charge on any atom is -0.480 e. The van der Waals surface area contributed by atoms with Gasteiger partial charge in [-0.1, -0.05) is 13.8 Å². The molecule has 0 spiro atoms. The maximum atomic E-state index is 12.0. The first kappa shape index (κ1) is 15.9. The van der Waals surface area contributed by atoms with Crippen LogP contribution in [0.2, 0.25) is 0 Å². The van der Waals surface area contributed by atoms with Gasteiger partial charge in [0, 0.05) is 17.5 Å². The Balaban J connectivity index is 2.70. The highest BCUT2D eigenvalue weighted by molar-refractivity contribution is 9.11. The van der Waals surface area contributed by atoms with Crippen molar-refractivity contribution in [3.63, 3.8) is 0 Å². The molecule has 6 heteroatoms. The Morgan fingerprint density at radius 2 is 2.16 bits per heavy atom. The first-order chi connectivity index (χ1) is 8.88. The lowest BCUT2D eigenvalue weighted by Crippen LogP contribution is -2.37. The summed E-state index contributed by atoms with van der Waals surface area (Å²) in [5.74, 6) is -1.05. The maximum absolute atomic E-state index is 12.0. The van der Waals surface area contributed by atoms with Crippen molar-refractivity contribution < 1.29 is 14.7 Å². The number of aliphatic carboxylic acids is 1. The number of nitrogens with zero attached hydrogens (tertiary/aromatic N) is 1. The zero-order valence-corrected chi connectivity index (χ0v) is 13.2. The highest BCUT2D eigenvalue weighted by Gasteiger charge is 2.15. The van der Waals surface area contributed by atoms with Crippen LogP contribution in [0.5, 0.6) is 0 Å². The molecule has 104 valence electrons. The second-order valence-corrected chi connectivity index (χ2v) is 6.98. The summed E-state index contributed by atoms with van der Waals surface area (Å²) >= 11 is 4.86. The summed E-state index contributed by atoms with van der Waals surface area (Å²) in [6, 6.07) is 3.79. The first-order valence-corrected chi connectivity index (χ1v) is 7.43. The summed E-state index contributed by atoms with van der Waals surface area (Å²) in [6.45, 7) is 4.06. The van der Waals surface area contributed by atoms with Crippen molar-refractivity contribution in [3.8, 4) is 0 Å². The van der Waals surface area contributed by atoms with E-state index >= 15 is 0 Å². The van der Waals surface area contributed by atoms with Crippen molar-refractivity contribution in [2.24, 2.45) is 5.92 Å². The van der Waals surface area contributed by atoms with Crippen LogP contribution in [0.1, 0.15) is 18.7 Å². The van der Waals surface area contributed by atoms with Crippen molar-refractivity contribution in [1.29, 1.82) is 0 Å². The van der Waals surface area contributed by atoms with E-state index in [1.807, 2.05) is 26.0 Å². The van der Waals surface area contributed by atoms with E-state index in [0.29, 0.717) is 6.54 Å². The molecule has 4 nitrogen and oxygen atoms in total. The molecule has 0 aliphatic heterocycles. The molecule has 0 aliphatic carbocycles. The fraction of sp³-hybridized carbons (Fsp3) is 0.385. The van der Waals surface area contributed by atoms with Crippen LogP contribution in [0.15, 0.2) is 22.0 Å². The van der Waals surface area contributed by atoms with E-state index in [4.69, 9.17) is 5.11 Å². The summed E-state index contributed by atoms with van der Waals surface area (Å²) in [5.41, 5.74) is 0. The lowest BCUT2D eigenvalue weighted by Gasteiger charge is -2.21. The zero-order chi connectivity index (χ0) is 14.4. The van der Waals surface area contributed by atoms with E-state index in [2.05, 4.69) is 15.9 Å². The van der Waals surface area contributed by atoms with Crippen LogP contribution in [0.4, 0.5) is 0 Å². The lowest BCUT2D eigenvalue weighted by molar-refractivity contribution is -0.143. The van der Waals surface area contributed by atoms with Crippen LogP contribution < -0.4 is 0 Å². The molecule has 0 radical (unpaired) electrons. The summed E-state index contributed by atoms with van der Waals surface area (Å²) in [7, 11) is 0. The number of rotatable bonds is 6. The second kappa shape index (κ2) is 7.45. The van der Waals surface area contributed by atoms with Crippen LogP contribution in [-0.4, -0.2) is 35.0 Å². The van der Waals surface area contributed by atoms with Crippen molar-refractivity contribution in [1.82, 2.24) is 4.90 Å². The van der Waals surface area contributed by atoms with Crippen LogP contribution in [0, 0.1) is 5.92 Å². The molecule has 1 aromatic rings. The third kappa shape index (κ3) is 6.02. The summed E-state index contributed by atoms with van der Waals surface area (Å²) in [4.78, 5) is 25.0.